The molecule has 1 aromatic carbocycles. The van der Waals surface area contributed by atoms with Crippen molar-refractivity contribution in [3.05, 3.63) is 23.8 Å². The second kappa shape index (κ2) is 4.01. The van der Waals surface area contributed by atoms with Crippen LogP contribution in [0, 0.1) is 0 Å². The van der Waals surface area contributed by atoms with Crippen LogP contribution in [0.2, 0.25) is 0 Å². The van der Waals surface area contributed by atoms with Crippen LogP contribution in [0.1, 0.15) is 18.9 Å². The summed E-state index contributed by atoms with van der Waals surface area (Å²) in [6.07, 6.45) is -0.226. The maximum Gasteiger partial charge on any atom is 0.304 e. The number of benzene rings is 1. The van der Waals surface area contributed by atoms with E-state index in [0.29, 0.717) is 11.3 Å². The van der Waals surface area contributed by atoms with Crippen molar-refractivity contribution in [2.24, 2.45) is 0 Å². The topological polar surface area (TPSA) is 66.8 Å². The summed E-state index contributed by atoms with van der Waals surface area (Å²) in [5.74, 6) is -0.573. The average molecular weight is 249 g/mol. The van der Waals surface area contributed by atoms with Crippen LogP contribution in [0.4, 0.5) is 5.69 Å². The van der Waals surface area contributed by atoms with Crippen molar-refractivity contribution in [3.63, 3.8) is 0 Å². The van der Waals surface area contributed by atoms with Gasteiger partial charge >= 0.3 is 5.97 Å². The second-order valence-electron chi connectivity index (χ2n) is 4.65. The van der Waals surface area contributed by atoms with E-state index in [4.69, 9.17) is 9.84 Å². The molecule has 18 heavy (non-hydrogen) atoms. The normalized spacial score (nSPS) is 21.9. The van der Waals surface area contributed by atoms with Gasteiger partial charge in [-0.15, -0.1) is 0 Å². The Bertz CT molecular complexity index is 526. The molecule has 0 spiro atoms. The highest BCUT2D eigenvalue weighted by atomic mass is 16.5. The second-order valence-corrected chi connectivity index (χ2v) is 4.65. The van der Waals surface area contributed by atoms with Crippen LogP contribution >= 0.6 is 0 Å². The number of aliphatic carboxylic acids is 1. The minimum absolute atomic E-state index is 0.201. The number of carboxylic acid groups (broad SMARTS) is 1. The molecule has 1 heterocycles. The molecular formula is C13H15NO4. The van der Waals surface area contributed by atoms with Crippen molar-refractivity contribution in [1.29, 1.82) is 0 Å². The summed E-state index contributed by atoms with van der Waals surface area (Å²) in [5, 5.41) is 8.99. The first-order valence-electron chi connectivity index (χ1n) is 5.58. The molecule has 1 atom stereocenters. The Balaban J connectivity index is 2.58. The molecule has 96 valence electrons. The van der Waals surface area contributed by atoms with Crippen molar-refractivity contribution in [2.45, 2.75) is 18.8 Å². The number of anilines is 1. The molecule has 5 heteroatoms. The fourth-order valence-corrected chi connectivity index (χ4v) is 2.44. The Labute approximate surface area is 105 Å². The van der Waals surface area contributed by atoms with E-state index < -0.39 is 11.4 Å². The molecular weight excluding hydrogens is 234 g/mol. The number of nitrogens with zero attached hydrogens (tertiary/aromatic N) is 1. The fraction of sp³-hybridized carbons (Fsp3) is 0.385. The first kappa shape index (κ1) is 12.4. The van der Waals surface area contributed by atoms with Gasteiger partial charge in [0, 0.05) is 12.7 Å². The lowest BCUT2D eigenvalue weighted by Gasteiger charge is -2.20. The Morgan fingerprint density at radius 3 is 2.72 bits per heavy atom. The van der Waals surface area contributed by atoms with Gasteiger partial charge in [0.05, 0.1) is 18.9 Å². The predicted molar refractivity (Wildman–Crippen MR) is 66.0 cm³/mol. The van der Waals surface area contributed by atoms with Gasteiger partial charge in [0.1, 0.15) is 5.75 Å². The monoisotopic (exact) mass is 249 g/mol. The molecule has 0 aromatic heterocycles. The molecule has 1 aromatic rings. The third kappa shape index (κ3) is 1.63. The van der Waals surface area contributed by atoms with Gasteiger partial charge in [0.2, 0.25) is 5.91 Å². The number of hydrogen-bond acceptors (Lipinski definition) is 3. The van der Waals surface area contributed by atoms with E-state index in [1.54, 1.807) is 32.2 Å². The largest absolute Gasteiger partial charge is 0.497 e. The number of ether oxygens (including phenoxy) is 1. The third-order valence-corrected chi connectivity index (χ3v) is 3.44. The van der Waals surface area contributed by atoms with E-state index in [9.17, 15) is 9.59 Å². The van der Waals surface area contributed by atoms with Crippen LogP contribution in [0.15, 0.2) is 18.2 Å². The van der Waals surface area contributed by atoms with Gasteiger partial charge in [-0.2, -0.15) is 0 Å². The van der Waals surface area contributed by atoms with Crippen molar-refractivity contribution in [2.75, 3.05) is 19.1 Å². The predicted octanol–water partition coefficient (Wildman–Crippen LogP) is 1.40. The van der Waals surface area contributed by atoms with Crippen molar-refractivity contribution in [3.8, 4) is 5.75 Å². The molecule has 0 radical (unpaired) electrons. The van der Waals surface area contributed by atoms with Crippen molar-refractivity contribution < 1.29 is 19.4 Å². The van der Waals surface area contributed by atoms with Crippen LogP contribution < -0.4 is 9.64 Å². The highest BCUT2D eigenvalue weighted by Gasteiger charge is 2.47. The summed E-state index contributed by atoms with van der Waals surface area (Å²) in [6.45, 7) is 1.66. The summed E-state index contributed by atoms with van der Waals surface area (Å²) in [5.41, 5.74) is 0.422. The molecule has 1 amide bonds. The maximum absolute atomic E-state index is 12.2. The van der Waals surface area contributed by atoms with E-state index >= 15 is 0 Å². The Morgan fingerprint density at radius 1 is 1.50 bits per heavy atom. The summed E-state index contributed by atoms with van der Waals surface area (Å²) in [7, 11) is 3.19. The van der Waals surface area contributed by atoms with Crippen LogP contribution in [0.5, 0.6) is 5.75 Å². The Morgan fingerprint density at radius 2 is 2.17 bits per heavy atom. The zero-order chi connectivity index (χ0) is 13.5. The van der Waals surface area contributed by atoms with Gasteiger partial charge in [0.15, 0.2) is 0 Å². The van der Waals surface area contributed by atoms with Crippen LogP contribution in [-0.4, -0.2) is 31.1 Å². The highest BCUT2D eigenvalue weighted by molar-refractivity contribution is 6.09. The summed E-state index contributed by atoms with van der Waals surface area (Å²) >= 11 is 0. The standard InChI is InChI=1S/C13H15NO4/c1-13(7-11(15)16)9-6-8(18-3)4-5-10(9)14(2)12(13)17/h4-6H,7H2,1-3H3,(H,15,16)/t13-/m1/s1. The lowest BCUT2D eigenvalue weighted by atomic mass is 9.80. The molecule has 0 saturated carbocycles. The molecule has 1 N–H and O–H groups in total. The SMILES string of the molecule is COc1ccc2c(c1)[C@@](C)(CC(=O)O)C(=O)N2C. The van der Waals surface area contributed by atoms with Gasteiger partial charge in [-0.3, -0.25) is 9.59 Å². The molecule has 1 aliphatic rings. The van der Waals surface area contributed by atoms with Crippen LogP contribution in [-0.2, 0) is 15.0 Å². The summed E-state index contributed by atoms with van der Waals surface area (Å²) in [4.78, 5) is 24.7. The summed E-state index contributed by atoms with van der Waals surface area (Å²) in [6, 6.07) is 5.27. The molecule has 1 aliphatic heterocycles. The number of amides is 1. The third-order valence-electron chi connectivity index (χ3n) is 3.44. The number of carboxylic acids is 1. The number of carbonyl (C=O) groups excluding carboxylic acids is 1. The molecule has 5 nitrogen and oxygen atoms in total. The molecule has 2 rings (SSSR count). The molecule has 0 saturated heterocycles. The highest BCUT2D eigenvalue weighted by Crippen LogP contribution is 2.44. The van der Waals surface area contributed by atoms with E-state index in [0.717, 1.165) is 5.69 Å². The fourth-order valence-electron chi connectivity index (χ4n) is 2.44. The lowest BCUT2D eigenvalue weighted by Crippen LogP contribution is -2.37. The number of likely N-dealkylation sites (N-methyl/N-ethyl adjacent to an activating group) is 1. The van der Waals surface area contributed by atoms with Gasteiger partial charge in [-0.1, -0.05) is 0 Å². The quantitative estimate of drug-likeness (QED) is 0.879. The van der Waals surface area contributed by atoms with E-state index in [2.05, 4.69) is 0 Å². The number of hydrogen-bond donors (Lipinski definition) is 1. The van der Waals surface area contributed by atoms with E-state index in [1.165, 1.54) is 12.0 Å². The number of carbonyl (C=O) groups is 2. The van der Waals surface area contributed by atoms with Crippen LogP contribution in [0.25, 0.3) is 0 Å². The lowest BCUT2D eigenvalue weighted by molar-refractivity contribution is -0.140. The minimum Gasteiger partial charge on any atom is -0.497 e. The molecule has 0 unspecified atom stereocenters. The van der Waals surface area contributed by atoms with Gasteiger partial charge < -0.3 is 14.7 Å². The van der Waals surface area contributed by atoms with E-state index in [-0.39, 0.29) is 12.3 Å². The van der Waals surface area contributed by atoms with Crippen molar-refractivity contribution >= 4 is 17.6 Å². The number of methoxy groups -OCH3 is 1. The average Bonchev–Trinajstić information content (AvgIpc) is 2.51. The zero-order valence-corrected chi connectivity index (χ0v) is 10.6. The Hall–Kier alpha value is -2.04. The molecule has 0 fully saturated rings. The van der Waals surface area contributed by atoms with Crippen molar-refractivity contribution in [1.82, 2.24) is 0 Å². The van der Waals surface area contributed by atoms with Gasteiger partial charge in [0.25, 0.3) is 0 Å². The molecule has 0 bridgehead atoms. The number of fused-ring (bicyclic) bond motifs is 1. The van der Waals surface area contributed by atoms with Crippen LogP contribution in [0.3, 0.4) is 0 Å². The summed E-state index contributed by atoms with van der Waals surface area (Å²) < 4.78 is 5.13. The number of rotatable bonds is 3. The van der Waals surface area contributed by atoms with E-state index in [1.807, 2.05) is 0 Å². The Kier molecular flexibility index (Phi) is 2.77. The molecule has 0 aliphatic carbocycles. The van der Waals surface area contributed by atoms with Gasteiger partial charge in [-0.25, -0.2) is 0 Å². The maximum atomic E-state index is 12.2. The minimum atomic E-state index is -1.02. The zero-order valence-electron chi connectivity index (χ0n) is 10.6. The first-order chi connectivity index (χ1) is 8.40. The van der Waals surface area contributed by atoms with Gasteiger partial charge in [-0.05, 0) is 30.7 Å². The first-order valence-corrected chi connectivity index (χ1v) is 5.58. The smallest absolute Gasteiger partial charge is 0.304 e.